The van der Waals surface area contributed by atoms with Crippen LogP contribution in [0.3, 0.4) is 0 Å². The second-order valence-corrected chi connectivity index (χ2v) is 5.63. The Morgan fingerprint density at radius 2 is 2.05 bits per heavy atom. The van der Waals surface area contributed by atoms with Gasteiger partial charge in [0.05, 0.1) is 11.9 Å². The third-order valence-corrected chi connectivity index (χ3v) is 3.75. The highest BCUT2D eigenvalue weighted by Crippen LogP contribution is 2.17. The smallest absolute Gasteiger partial charge is 0.315 e. The molecule has 1 aliphatic rings. The summed E-state index contributed by atoms with van der Waals surface area (Å²) in [5, 5.41) is 8.56. The summed E-state index contributed by atoms with van der Waals surface area (Å²) in [7, 11) is 0. The van der Waals surface area contributed by atoms with Crippen molar-refractivity contribution in [1.29, 1.82) is 0 Å². The standard InChI is InChI=1S/C16H24N4O2/c21-15(19-14-8-4-10-17-12-14)9-5-11-18-16(22)20-13-6-2-1-3-7-13/h4,8,10,12-13H,1-3,5-7,9,11H2,(H,19,21)(H2,18,20,22). The van der Waals surface area contributed by atoms with Gasteiger partial charge in [-0.1, -0.05) is 19.3 Å². The molecule has 22 heavy (non-hydrogen) atoms. The summed E-state index contributed by atoms with van der Waals surface area (Å²) in [5.74, 6) is -0.0671. The molecule has 120 valence electrons. The zero-order chi connectivity index (χ0) is 15.6. The van der Waals surface area contributed by atoms with Gasteiger partial charge in [0.25, 0.3) is 0 Å². The first-order valence-electron chi connectivity index (χ1n) is 7.98. The molecule has 1 fully saturated rings. The molecule has 0 bridgehead atoms. The lowest BCUT2D eigenvalue weighted by Gasteiger charge is -2.22. The predicted octanol–water partition coefficient (Wildman–Crippen LogP) is 2.43. The van der Waals surface area contributed by atoms with Crippen LogP contribution in [0, 0.1) is 0 Å². The third kappa shape index (κ3) is 6.11. The fourth-order valence-corrected chi connectivity index (χ4v) is 2.59. The molecule has 1 heterocycles. The Hall–Kier alpha value is -2.11. The zero-order valence-electron chi connectivity index (χ0n) is 12.8. The van der Waals surface area contributed by atoms with Gasteiger partial charge in [-0.15, -0.1) is 0 Å². The molecule has 1 aliphatic carbocycles. The van der Waals surface area contributed by atoms with Crippen molar-refractivity contribution in [3.8, 4) is 0 Å². The van der Waals surface area contributed by atoms with Crippen LogP contribution < -0.4 is 16.0 Å². The van der Waals surface area contributed by atoms with Gasteiger partial charge in [-0.2, -0.15) is 0 Å². The SMILES string of the molecule is O=C(CCCNC(=O)NC1CCCCC1)Nc1cccnc1. The summed E-state index contributed by atoms with van der Waals surface area (Å²) in [5.41, 5.74) is 0.690. The molecule has 0 saturated heterocycles. The molecule has 0 unspecified atom stereocenters. The third-order valence-electron chi connectivity index (χ3n) is 3.75. The second-order valence-electron chi connectivity index (χ2n) is 5.63. The number of anilines is 1. The summed E-state index contributed by atoms with van der Waals surface area (Å²) < 4.78 is 0. The fraction of sp³-hybridized carbons (Fsp3) is 0.562. The molecule has 2 rings (SSSR count). The second kappa shape index (κ2) is 9.02. The number of nitrogens with one attached hydrogen (secondary N) is 3. The number of urea groups is 1. The highest BCUT2D eigenvalue weighted by atomic mass is 16.2. The van der Waals surface area contributed by atoms with Crippen LogP contribution in [0.2, 0.25) is 0 Å². The van der Waals surface area contributed by atoms with Crippen LogP contribution in [0.4, 0.5) is 10.5 Å². The Labute approximate surface area is 131 Å². The quantitative estimate of drug-likeness (QED) is 0.706. The van der Waals surface area contributed by atoms with Gasteiger partial charge in [-0.05, 0) is 31.4 Å². The largest absolute Gasteiger partial charge is 0.338 e. The number of amides is 3. The van der Waals surface area contributed by atoms with E-state index in [1.165, 1.54) is 19.3 Å². The van der Waals surface area contributed by atoms with Crippen LogP contribution in [0.15, 0.2) is 24.5 Å². The number of carbonyl (C=O) groups is 2. The van der Waals surface area contributed by atoms with Crippen LogP contribution in [0.1, 0.15) is 44.9 Å². The molecule has 3 N–H and O–H groups in total. The van der Waals surface area contributed by atoms with Crippen LogP contribution in [0.5, 0.6) is 0 Å². The minimum atomic E-state index is -0.125. The van der Waals surface area contributed by atoms with E-state index in [1.54, 1.807) is 24.5 Å². The van der Waals surface area contributed by atoms with Crippen LogP contribution in [0.25, 0.3) is 0 Å². The van der Waals surface area contributed by atoms with Crippen molar-refractivity contribution in [1.82, 2.24) is 15.6 Å². The molecule has 0 radical (unpaired) electrons. The molecular formula is C16H24N4O2. The first kappa shape index (κ1) is 16.3. The van der Waals surface area contributed by atoms with Gasteiger partial charge in [0.1, 0.15) is 0 Å². The van der Waals surface area contributed by atoms with E-state index in [9.17, 15) is 9.59 Å². The van der Waals surface area contributed by atoms with Crippen molar-refractivity contribution in [3.05, 3.63) is 24.5 Å². The van der Waals surface area contributed by atoms with E-state index in [1.807, 2.05) is 0 Å². The Bertz CT molecular complexity index is 472. The van der Waals surface area contributed by atoms with Crippen molar-refractivity contribution < 1.29 is 9.59 Å². The highest BCUT2D eigenvalue weighted by Gasteiger charge is 2.15. The fourth-order valence-electron chi connectivity index (χ4n) is 2.59. The topological polar surface area (TPSA) is 83.1 Å². The van der Waals surface area contributed by atoms with E-state index in [-0.39, 0.29) is 11.9 Å². The normalized spacial score (nSPS) is 15.1. The number of aromatic nitrogens is 1. The molecule has 0 aromatic carbocycles. The number of carbonyl (C=O) groups excluding carboxylic acids is 2. The molecule has 6 nitrogen and oxygen atoms in total. The number of rotatable bonds is 6. The maximum absolute atomic E-state index is 11.7. The van der Waals surface area contributed by atoms with E-state index in [0.717, 1.165) is 12.8 Å². The summed E-state index contributed by atoms with van der Waals surface area (Å²) in [6, 6.07) is 3.75. The van der Waals surface area contributed by atoms with Crippen molar-refractivity contribution in [3.63, 3.8) is 0 Å². The Kier molecular flexibility index (Phi) is 6.67. The van der Waals surface area contributed by atoms with E-state index in [4.69, 9.17) is 0 Å². The van der Waals surface area contributed by atoms with E-state index >= 15 is 0 Å². The van der Waals surface area contributed by atoms with Crippen LogP contribution in [-0.2, 0) is 4.79 Å². The molecule has 1 aromatic heterocycles. The number of hydrogen-bond donors (Lipinski definition) is 3. The lowest BCUT2D eigenvalue weighted by Crippen LogP contribution is -2.43. The Balaban J connectivity index is 1.54. The van der Waals surface area contributed by atoms with Gasteiger partial charge < -0.3 is 16.0 Å². The molecule has 6 heteroatoms. The first-order chi connectivity index (χ1) is 10.7. The predicted molar refractivity (Wildman–Crippen MR) is 85.5 cm³/mol. The van der Waals surface area contributed by atoms with Crippen molar-refractivity contribution in [2.75, 3.05) is 11.9 Å². The van der Waals surface area contributed by atoms with Crippen molar-refractivity contribution >= 4 is 17.6 Å². The lowest BCUT2D eigenvalue weighted by atomic mass is 9.96. The van der Waals surface area contributed by atoms with E-state index < -0.39 is 0 Å². The Morgan fingerprint density at radius 3 is 2.77 bits per heavy atom. The van der Waals surface area contributed by atoms with Crippen LogP contribution >= 0.6 is 0 Å². The lowest BCUT2D eigenvalue weighted by molar-refractivity contribution is -0.116. The van der Waals surface area contributed by atoms with Crippen molar-refractivity contribution in [2.24, 2.45) is 0 Å². The first-order valence-corrected chi connectivity index (χ1v) is 7.98. The van der Waals surface area contributed by atoms with Crippen molar-refractivity contribution in [2.45, 2.75) is 51.0 Å². The average Bonchev–Trinajstić information content (AvgIpc) is 2.53. The van der Waals surface area contributed by atoms with Gasteiger partial charge in [0.15, 0.2) is 0 Å². The molecule has 0 aliphatic heterocycles. The number of hydrogen-bond acceptors (Lipinski definition) is 3. The number of nitrogens with zero attached hydrogens (tertiary/aromatic N) is 1. The molecule has 1 saturated carbocycles. The maximum Gasteiger partial charge on any atom is 0.315 e. The summed E-state index contributed by atoms with van der Waals surface area (Å²) in [6.45, 7) is 0.499. The minimum absolute atomic E-state index is 0.0671. The van der Waals surface area contributed by atoms with Gasteiger partial charge in [0.2, 0.25) is 5.91 Å². The van der Waals surface area contributed by atoms with Gasteiger partial charge >= 0.3 is 6.03 Å². The minimum Gasteiger partial charge on any atom is -0.338 e. The van der Waals surface area contributed by atoms with E-state index in [0.29, 0.717) is 31.1 Å². The highest BCUT2D eigenvalue weighted by molar-refractivity contribution is 5.90. The molecule has 1 aromatic rings. The maximum atomic E-state index is 11.7. The summed E-state index contributed by atoms with van der Waals surface area (Å²) >= 11 is 0. The van der Waals surface area contributed by atoms with E-state index in [2.05, 4.69) is 20.9 Å². The van der Waals surface area contributed by atoms with Gasteiger partial charge in [-0.3, -0.25) is 9.78 Å². The Morgan fingerprint density at radius 1 is 1.23 bits per heavy atom. The van der Waals surface area contributed by atoms with Gasteiger partial charge in [0, 0.05) is 25.2 Å². The summed E-state index contributed by atoms with van der Waals surface area (Å²) in [6.07, 6.45) is 10.0. The van der Waals surface area contributed by atoms with Gasteiger partial charge in [-0.25, -0.2) is 4.79 Å². The zero-order valence-corrected chi connectivity index (χ0v) is 12.8. The number of pyridine rings is 1. The average molecular weight is 304 g/mol. The monoisotopic (exact) mass is 304 g/mol. The van der Waals surface area contributed by atoms with Crippen LogP contribution in [-0.4, -0.2) is 29.5 Å². The summed E-state index contributed by atoms with van der Waals surface area (Å²) in [4.78, 5) is 27.4. The molecule has 3 amide bonds. The molecule has 0 spiro atoms. The molecular weight excluding hydrogens is 280 g/mol. The molecule has 0 atom stereocenters.